The molecule has 22 aromatic rings. The molecular formula is C108H71N9O3. The number of hydrogen-bond acceptors (Lipinski definition) is 9. The Morgan fingerprint density at radius 3 is 0.942 bits per heavy atom. The first-order valence-electron chi connectivity index (χ1n) is 40.9. The maximum atomic E-state index is 9.37. The number of hydrogen-bond donors (Lipinski definition) is 0. The Morgan fingerprint density at radius 2 is 0.592 bits per heavy atom. The van der Waals surface area contributed by atoms with E-state index in [0.717, 1.165) is 166 Å². The van der Waals surface area contributed by atoms with Crippen molar-refractivity contribution in [2.24, 2.45) is 0 Å². The van der Waals surface area contributed by atoms with Gasteiger partial charge in [-0.2, -0.15) is 5.26 Å². The SMILES string of the molecule is CCc1nc2cccc3c2n1-c1c(cccc1-c1c2ccccc2c(-c2ccc(C#N)cc2)c2ccccc12)O3.CCc1nc2cccc3c2n1-c1c(cccc1-c1c2ccccc2c(-c2cccc4cccnc24)c2ccccc12)O3.CCc1nc2cccc3c2n1-c1c(cccc1-c1c2ccccc2c(-c2cccnc2)c2ccccc12)O3. The van der Waals surface area contributed by atoms with Gasteiger partial charge >= 0.3 is 0 Å². The second-order valence-corrected chi connectivity index (χ2v) is 30.6. The third kappa shape index (κ3) is 10.7. The Balaban J connectivity index is 0.000000105. The van der Waals surface area contributed by atoms with Crippen molar-refractivity contribution in [3.8, 4) is 124 Å². The third-order valence-electron chi connectivity index (χ3n) is 24.2. The van der Waals surface area contributed by atoms with Crippen molar-refractivity contribution in [1.82, 2.24) is 38.6 Å². The lowest BCUT2D eigenvalue weighted by atomic mass is 9.85. The van der Waals surface area contributed by atoms with Gasteiger partial charge in [-0.1, -0.05) is 263 Å². The van der Waals surface area contributed by atoms with Crippen LogP contribution in [0.3, 0.4) is 0 Å². The summed E-state index contributed by atoms with van der Waals surface area (Å²) >= 11 is 0. The van der Waals surface area contributed by atoms with Crippen LogP contribution in [0.4, 0.5) is 0 Å². The van der Waals surface area contributed by atoms with Crippen molar-refractivity contribution in [2.45, 2.75) is 40.0 Å². The van der Waals surface area contributed by atoms with Crippen LogP contribution in [0.5, 0.6) is 34.5 Å². The summed E-state index contributed by atoms with van der Waals surface area (Å²) in [5, 5.41) is 24.8. The molecule has 0 saturated heterocycles. The van der Waals surface area contributed by atoms with E-state index in [4.69, 9.17) is 34.1 Å². The van der Waals surface area contributed by atoms with Crippen molar-refractivity contribution in [3.05, 3.63) is 363 Å². The molecule has 12 heteroatoms. The Labute approximate surface area is 690 Å². The van der Waals surface area contributed by atoms with E-state index in [2.05, 4.69) is 306 Å². The monoisotopic (exact) mass is 1540 g/mol. The second-order valence-electron chi connectivity index (χ2n) is 30.6. The van der Waals surface area contributed by atoms with Crippen molar-refractivity contribution in [2.75, 3.05) is 0 Å². The van der Waals surface area contributed by atoms with Gasteiger partial charge in [0.1, 0.15) is 34.0 Å². The minimum absolute atomic E-state index is 0.656. The number of nitrogens with zero attached hydrogens (tertiary/aromatic N) is 9. The number of rotatable bonds is 9. The molecule has 0 spiro atoms. The molecular weight excluding hydrogens is 1470 g/mol. The largest absolute Gasteiger partial charge is 0.453 e. The summed E-state index contributed by atoms with van der Waals surface area (Å²) in [7, 11) is 0. The number of ether oxygens (including phenoxy) is 3. The highest BCUT2D eigenvalue weighted by Crippen LogP contribution is 2.56. The fourth-order valence-corrected chi connectivity index (χ4v) is 19.3. The minimum Gasteiger partial charge on any atom is -0.453 e. The molecule has 0 fully saturated rings. The average molecular weight is 1540 g/mol. The van der Waals surface area contributed by atoms with E-state index in [1.54, 1.807) is 0 Å². The molecule has 0 atom stereocenters. The van der Waals surface area contributed by atoms with Crippen LogP contribution in [0.2, 0.25) is 0 Å². The van der Waals surface area contributed by atoms with Crippen LogP contribution in [0, 0.1) is 11.3 Å². The Hall–Kier alpha value is -15.8. The molecule has 0 amide bonds. The van der Waals surface area contributed by atoms with Gasteiger partial charge in [0.25, 0.3) is 0 Å². The van der Waals surface area contributed by atoms with Crippen LogP contribution in [0.15, 0.2) is 340 Å². The fraction of sp³-hybridized carbons (Fsp3) is 0.0556. The number of pyridine rings is 2. The maximum Gasteiger partial charge on any atom is 0.153 e. The van der Waals surface area contributed by atoms with Gasteiger partial charge in [0.05, 0.1) is 50.8 Å². The topological polar surface area (TPSA) is 131 Å². The third-order valence-corrected chi connectivity index (χ3v) is 24.2. The minimum atomic E-state index is 0.656. The lowest BCUT2D eigenvalue weighted by molar-refractivity contribution is 0.474. The van der Waals surface area contributed by atoms with Gasteiger partial charge in [0.2, 0.25) is 0 Å². The highest BCUT2D eigenvalue weighted by Gasteiger charge is 2.33. The smallest absolute Gasteiger partial charge is 0.153 e. The first-order chi connectivity index (χ1) is 59.4. The van der Waals surface area contributed by atoms with E-state index < -0.39 is 0 Å². The first-order valence-corrected chi connectivity index (χ1v) is 40.9. The molecule has 17 aromatic carbocycles. The normalized spacial score (nSPS) is 12.1. The molecule has 25 rings (SSSR count). The molecule has 120 heavy (non-hydrogen) atoms. The van der Waals surface area contributed by atoms with Crippen LogP contribution in [-0.4, -0.2) is 38.6 Å². The van der Waals surface area contributed by atoms with Crippen LogP contribution in [0.25, 0.3) is 192 Å². The Morgan fingerprint density at radius 1 is 0.283 bits per heavy atom. The predicted octanol–water partition coefficient (Wildman–Crippen LogP) is 27.8. The molecule has 0 radical (unpaired) electrons. The van der Waals surface area contributed by atoms with E-state index in [1.807, 2.05) is 79.3 Å². The summed E-state index contributed by atoms with van der Waals surface area (Å²) in [5.41, 5.74) is 24.6. The van der Waals surface area contributed by atoms with Gasteiger partial charge in [0.15, 0.2) is 34.5 Å². The van der Waals surface area contributed by atoms with Crippen LogP contribution < -0.4 is 14.2 Å². The zero-order valence-corrected chi connectivity index (χ0v) is 65.7. The Bertz CT molecular complexity index is 7940. The van der Waals surface area contributed by atoms with E-state index in [0.29, 0.717) is 5.56 Å². The van der Waals surface area contributed by atoms with E-state index in [1.165, 1.54) is 98.0 Å². The number of aromatic nitrogens is 8. The zero-order chi connectivity index (χ0) is 79.8. The van der Waals surface area contributed by atoms with Crippen molar-refractivity contribution in [1.29, 1.82) is 5.26 Å². The van der Waals surface area contributed by atoms with Crippen LogP contribution >= 0.6 is 0 Å². The molecule has 3 aliphatic rings. The number of fused-ring (bicyclic) bond motifs is 13. The molecule has 0 unspecified atom stereocenters. The molecule has 0 aliphatic carbocycles. The van der Waals surface area contributed by atoms with Crippen LogP contribution in [0.1, 0.15) is 43.8 Å². The number of para-hydroxylation sites is 7. The van der Waals surface area contributed by atoms with Gasteiger partial charge in [-0.3, -0.25) is 23.7 Å². The fourth-order valence-electron chi connectivity index (χ4n) is 19.3. The maximum absolute atomic E-state index is 9.37. The van der Waals surface area contributed by atoms with E-state index in [9.17, 15) is 5.26 Å². The molecule has 3 aliphatic heterocycles. The van der Waals surface area contributed by atoms with Gasteiger partial charge < -0.3 is 14.2 Å². The van der Waals surface area contributed by atoms with E-state index >= 15 is 0 Å². The molecule has 0 bridgehead atoms. The summed E-state index contributed by atoms with van der Waals surface area (Å²) in [6.07, 6.45) is 8.11. The van der Waals surface area contributed by atoms with Gasteiger partial charge in [0, 0.05) is 71.1 Å². The standard InChI is InChI=1S/C38H25N3O.C36H23N3O.C34H23N3O/c1-2-33-40-30-19-9-21-32-38(30)41(33)37-29(18-8-20-31(37)42-32)35-26-15-5-3-13-24(26)34(25-14-4-6-16-27(25)35)28-17-7-11-23-12-10-22-39-36(23)28;1-2-32-38-29-14-8-16-31-36(29)39(32)35-28(13-7-15-30(35)40-31)34-26-11-5-3-9-24(26)33(25-10-4-6-12-27(25)34)23-19-17-22(21-37)18-20-23;1-2-30-36-27-16-8-18-29-34(27)37(30)33-26(15-7-17-28(33)38-29)32-24-13-5-3-11-22(24)31(21-10-9-19-35-20-21)23-12-4-6-14-25(23)32/h3-22H,2H2,1H3;3-20H,2H2,1H3;3-20H,2H2,1H3. The van der Waals surface area contributed by atoms with Crippen molar-refractivity contribution in [3.63, 3.8) is 0 Å². The molecule has 5 aromatic heterocycles. The second kappa shape index (κ2) is 28.0. The lowest BCUT2D eigenvalue weighted by Crippen LogP contribution is -2.09. The average Bonchev–Trinajstić information content (AvgIpc) is 1.15. The predicted molar refractivity (Wildman–Crippen MR) is 487 cm³/mol. The molecule has 566 valence electrons. The lowest BCUT2D eigenvalue weighted by Gasteiger charge is -2.25. The molecule has 0 N–H and O–H groups in total. The van der Waals surface area contributed by atoms with Crippen LogP contribution in [-0.2, 0) is 19.3 Å². The number of aryl methyl sites for hydroxylation is 3. The summed E-state index contributed by atoms with van der Waals surface area (Å²) in [6.45, 7) is 6.48. The van der Waals surface area contributed by atoms with Gasteiger partial charge in [-0.15, -0.1) is 0 Å². The quantitative estimate of drug-likeness (QED) is 0.130. The summed E-state index contributed by atoms with van der Waals surface area (Å²) in [4.78, 5) is 24.3. The molecule has 0 saturated carbocycles. The zero-order valence-electron chi connectivity index (χ0n) is 65.7. The highest BCUT2D eigenvalue weighted by molar-refractivity contribution is 6.26. The highest BCUT2D eigenvalue weighted by atomic mass is 16.5. The first kappa shape index (κ1) is 69.6. The van der Waals surface area contributed by atoms with Crippen molar-refractivity contribution >= 4 is 109 Å². The van der Waals surface area contributed by atoms with Gasteiger partial charge in [-0.05, 0) is 182 Å². The summed E-state index contributed by atoms with van der Waals surface area (Å²) in [5.74, 6) is 8.12. The molecule has 8 heterocycles. The number of nitriles is 1. The summed E-state index contributed by atoms with van der Waals surface area (Å²) < 4.78 is 26.5. The van der Waals surface area contributed by atoms with Crippen molar-refractivity contribution < 1.29 is 14.2 Å². The summed E-state index contributed by atoms with van der Waals surface area (Å²) in [6, 6.07) is 115. The van der Waals surface area contributed by atoms with E-state index in [-0.39, 0.29) is 0 Å². The Kier molecular flexibility index (Phi) is 16.2. The molecule has 12 nitrogen and oxygen atoms in total. The number of benzene rings is 17. The van der Waals surface area contributed by atoms with Gasteiger partial charge in [-0.25, -0.2) is 15.0 Å². The number of imidazole rings is 3.